The lowest BCUT2D eigenvalue weighted by molar-refractivity contribution is -0.119. The zero-order valence-electron chi connectivity index (χ0n) is 18.3. The summed E-state index contributed by atoms with van der Waals surface area (Å²) in [6, 6.07) is 16.8. The van der Waals surface area contributed by atoms with E-state index in [1.807, 2.05) is 26.8 Å². The first-order valence-corrected chi connectivity index (χ1v) is 12.2. The largest absolute Gasteiger partial charge is 0.271 e. The van der Waals surface area contributed by atoms with Gasteiger partial charge in [0.15, 0.2) is 0 Å². The van der Waals surface area contributed by atoms with Crippen LogP contribution in [-0.4, -0.2) is 27.1 Å². The van der Waals surface area contributed by atoms with Crippen LogP contribution in [0, 0.1) is 20.8 Å². The Morgan fingerprint density at radius 3 is 2.09 bits per heavy atom. The topological polar surface area (TPSA) is 78.8 Å². The van der Waals surface area contributed by atoms with E-state index in [0.29, 0.717) is 21.3 Å². The second-order valence-electron chi connectivity index (χ2n) is 7.60. The Morgan fingerprint density at radius 1 is 0.939 bits per heavy atom. The molecule has 0 unspecified atom stereocenters. The zero-order chi connectivity index (χ0) is 24.2. The van der Waals surface area contributed by atoms with Crippen molar-refractivity contribution >= 4 is 51.0 Å². The predicted molar refractivity (Wildman–Crippen MR) is 134 cm³/mol. The van der Waals surface area contributed by atoms with Crippen molar-refractivity contribution in [2.45, 2.75) is 25.7 Å². The summed E-state index contributed by atoms with van der Waals surface area (Å²) in [7, 11) is -4.01. The number of nitrogens with one attached hydrogen (secondary N) is 1. The first kappa shape index (κ1) is 24.8. The summed E-state index contributed by atoms with van der Waals surface area (Å²) >= 11 is 12.2. The van der Waals surface area contributed by atoms with Crippen molar-refractivity contribution in [1.29, 1.82) is 0 Å². The molecule has 1 N–H and O–H groups in total. The molecule has 0 aliphatic carbocycles. The molecule has 3 rings (SSSR count). The number of nitrogens with zero attached hydrogens (tertiary/aromatic N) is 2. The summed E-state index contributed by atoms with van der Waals surface area (Å²) in [6.07, 6.45) is 1.32. The van der Waals surface area contributed by atoms with E-state index in [2.05, 4.69) is 10.5 Å². The number of rotatable bonds is 7. The first-order valence-electron chi connectivity index (χ1n) is 10.0. The van der Waals surface area contributed by atoms with E-state index in [-0.39, 0.29) is 4.90 Å². The minimum atomic E-state index is -4.01. The molecule has 0 aromatic heterocycles. The van der Waals surface area contributed by atoms with Crippen LogP contribution in [0.1, 0.15) is 22.3 Å². The van der Waals surface area contributed by atoms with Crippen molar-refractivity contribution in [2.75, 3.05) is 10.8 Å². The first-order chi connectivity index (χ1) is 15.6. The smallest absolute Gasteiger partial charge is 0.264 e. The van der Waals surface area contributed by atoms with E-state index in [1.54, 1.807) is 42.5 Å². The van der Waals surface area contributed by atoms with Crippen LogP contribution < -0.4 is 9.73 Å². The van der Waals surface area contributed by atoms with Gasteiger partial charge in [0, 0.05) is 5.56 Å². The maximum absolute atomic E-state index is 13.5. The molecular weight excluding hydrogens is 481 g/mol. The molecule has 3 aromatic rings. The summed E-state index contributed by atoms with van der Waals surface area (Å²) in [4.78, 5) is 12.8. The number of hydrogen-bond donors (Lipinski definition) is 1. The van der Waals surface area contributed by atoms with Gasteiger partial charge in [-0.2, -0.15) is 5.10 Å². The monoisotopic (exact) mass is 503 g/mol. The van der Waals surface area contributed by atoms with Gasteiger partial charge in [0.2, 0.25) is 0 Å². The summed E-state index contributed by atoms with van der Waals surface area (Å²) < 4.78 is 28.0. The fourth-order valence-corrected chi connectivity index (χ4v) is 5.12. The van der Waals surface area contributed by atoms with E-state index >= 15 is 0 Å². The Kier molecular flexibility index (Phi) is 7.79. The molecule has 0 aliphatic rings. The molecule has 172 valence electrons. The SMILES string of the molecule is Cc1ccc(S(=O)(=O)N(CC(=O)N/N=C\c2c(Cl)cccc2Cl)c2cc(C)cc(C)c2)cc1. The van der Waals surface area contributed by atoms with Gasteiger partial charge in [-0.25, -0.2) is 13.8 Å². The van der Waals surface area contributed by atoms with Crippen LogP contribution in [0.15, 0.2) is 70.7 Å². The summed E-state index contributed by atoms with van der Waals surface area (Å²) in [5, 5.41) is 4.65. The van der Waals surface area contributed by atoms with Gasteiger partial charge in [-0.05, 0) is 68.3 Å². The fourth-order valence-electron chi connectivity index (χ4n) is 3.22. The Morgan fingerprint density at radius 2 is 1.52 bits per heavy atom. The zero-order valence-corrected chi connectivity index (χ0v) is 20.7. The van der Waals surface area contributed by atoms with Crippen molar-refractivity contribution in [3.63, 3.8) is 0 Å². The van der Waals surface area contributed by atoms with Crippen molar-refractivity contribution in [3.8, 4) is 0 Å². The molecule has 0 heterocycles. The lowest BCUT2D eigenvalue weighted by Crippen LogP contribution is -2.39. The average molecular weight is 504 g/mol. The number of anilines is 1. The van der Waals surface area contributed by atoms with Gasteiger partial charge in [-0.3, -0.25) is 9.10 Å². The van der Waals surface area contributed by atoms with Crippen molar-refractivity contribution in [3.05, 3.63) is 93.0 Å². The van der Waals surface area contributed by atoms with Gasteiger partial charge in [0.25, 0.3) is 15.9 Å². The van der Waals surface area contributed by atoms with E-state index in [0.717, 1.165) is 21.0 Å². The number of amides is 1. The van der Waals surface area contributed by atoms with Crippen LogP contribution in [0.25, 0.3) is 0 Å². The van der Waals surface area contributed by atoms with Gasteiger partial charge in [-0.15, -0.1) is 0 Å². The van der Waals surface area contributed by atoms with Crippen LogP contribution in [-0.2, 0) is 14.8 Å². The number of benzene rings is 3. The molecule has 0 fully saturated rings. The molecule has 0 saturated heterocycles. The lowest BCUT2D eigenvalue weighted by atomic mass is 10.1. The quantitative estimate of drug-likeness (QED) is 0.352. The van der Waals surface area contributed by atoms with E-state index < -0.39 is 22.5 Å². The molecule has 33 heavy (non-hydrogen) atoms. The molecule has 0 aliphatic heterocycles. The van der Waals surface area contributed by atoms with Crippen LogP contribution in [0.2, 0.25) is 10.0 Å². The standard InChI is InChI=1S/C24H23Cl2N3O3S/c1-16-7-9-20(10-8-16)33(31,32)29(19-12-17(2)11-18(3)13-19)15-24(30)28-27-14-21-22(25)5-4-6-23(21)26/h4-14H,15H2,1-3H3,(H,28,30)/b27-14-. The molecule has 0 atom stereocenters. The summed E-state index contributed by atoms with van der Waals surface area (Å²) in [5.74, 6) is -0.621. The molecule has 0 spiro atoms. The van der Waals surface area contributed by atoms with Gasteiger partial charge >= 0.3 is 0 Å². The molecule has 9 heteroatoms. The third-order valence-electron chi connectivity index (χ3n) is 4.77. The van der Waals surface area contributed by atoms with Gasteiger partial charge in [0.05, 0.1) is 26.8 Å². The van der Waals surface area contributed by atoms with E-state index in [9.17, 15) is 13.2 Å². The highest BCUT2D eigenvalue weighted by molar-refractivity contribution is 7.92. The number of halogens is 2. The molecule has 0 saturated carbocycles. The highest BCUT2D eigenvalue weighted by atomic mass is 35.5. The third kappa shape index (κ3) is 6.13. The molecule has 0 radical (unpaired) electrons. The fraction of sp³-hybridized carbons (Fsp3) is 0.167. The lowest BCUT2D eigenvalue weighted by Gasteiger charge is -2.24. The van der Waals surface area contributed by atoms with Gasteiger partial charge in [-0.1, -0.05) is 53.0 Å². The number of hydrogen-bond acceptors (Lipinski definition) is 4. The van der Waals surface area contributed by atoms with E-state index in [1.165, 1.54) is 18.3 Å². The summed E-state index contributed by atoms with van der Waals surface area (Å²) in [5.41, 5.74) is 5.87. The number of carbonyl (C=O) groups is 1. The average Bonchev–Trinajstić information content (AvgIpc) is 2.73. The molecule has 0 bridgehead atoms. The van der Waals surface area contributed by atoms with Gasteiger partial charge in [0.1, 0.15) is 6.54 Å². The number of carbonyl (C=O) groups excluding carboxylic acids is 1. The van der Waals surface area contributed by atoms with Crippen molar-refractivity contribution in [1.82, 2.24) is 5.43 Å². The third-order valence-corrected chi connectivity index (χ3v) is 7.22. The van der Waals surface area contributed by atoms with Crippen molar-refractivity contribution in [2.24, 2.45) is 5.10 Å². The summed E-state index contributed by atoms with van der Waals surface area (Å²) in [6.45, 7) is 5.14. The molecular formula is C24H23Cl2N3O3S. The Balaban J connectivity index is 1.90. The maximum Gasteiger partial charge on any atom is 0.264 e. The highest BCUT2D eigenvalue weighted by Gasteiger charge is 2.27. The van der Waals surface area contributed by atoms with Crippen LogP contribution in [0.3, 0.4) is 0 Å². The molecule has 3 aromatic carbocycles. The Bertz CT molecular complexity index is 1270. The van der Waals surface area contributed by atoms with Crippen molar-refractivity contribution < 1.29 is 13.2 Å². The van der Waals surface area contributed by atoms with Crippen LogP contribution in [0.5, 0.6) is 0 Å². The minimum absolute atomic E-state index is 0.0893. The number of hydrazone groups is 1. The molecule has 6 nitrogen and oxygen atoms in total. The maximum atomic E-state index is 13.5. The van der Waals surface area contributed by atoms with Crippen LogP contribution >= 0.6 is 23.2 Å². The Labute approximate surface area is 203 Å². The minimum Gasteiger partial charge on any atom is -0.271 e. The Hall–Kier alpha value is -2.87. The number of sulfonamides is 1. The predicted octanol–water partition coefficient (Wildman–Crippen LogP) is 5.26. The second kappa shape index (κ2) is 10.4. The van der Waals surface area contributed by atoms with Crippen LogP contribution in [0.4, 0.5) is 5.69 Å². The highest BCUT2D eigenvalue weighted by Crippen LogP contribution is 2.26. The second-order valence-corrected chi connectivity index (χ2v) is 10.3. The molecule has 1 amide bonds. The normalized spacial score (nSPS) is 11.5. The van der Waals surface area contributed by atoms with Gasteiger partial charge < -0.3 is 0 Å². The number of aryl methyl sites for hydroxylation is 3. The van der Waals surface area contributed by atoms with E-state index in [4.69, 9.17) is 23.2 Å².